The summed E-state index contributed by atoms with van der Waals surface area (Å²) in [6.45, 7) is 2.24. The summed E-state index contributed by atoms with van der Waals surface area (Å²) in [5.74, 6) is 0. The maximum Gasteiger partial charge on any atom is 0.107 e. The highest BCUT2D eigenvalue weighted by Gasteiger charge is 2.41. The maximum absolute atomic E-state index is 5.56. The van der Waals surface area contributed by atoms with Gasteiger partial charge in [0.1, 0.15) is 5.00 Å². The number of nitrogens with zero attached hydrogens (tertiary/aromatic N) is 1. The fourth-order valence-electron chi connectivity index (χ4n) is 1.02. The van der Waals surface area contributed by atoms with Crippen LogP contribution in [0.3, 0.4) is 0 Å². The Morgan fingerprint density at radius 3 is 2.80 bits per heavy atom. The van der Waals surface area contributed by atoms with Crippen LogP contribution in [0, 0.1) is 0 Å². The van der Waals surface area contributed by atoms with Gasteiger partial charge in [-0.2, -0.15) is 4.37 Å². The van der Waals surface area contributed by atoms with E-state index in [1.165, 1.54) is 30.1 Å². The summed E-state index contributed by atoms with van der Waals surface area (Å²) >= 11 is 1.40. The van der Waals surface area contributed by atoms with Crippen molar-refractivity contribution in [3.05, 3.63) is 11.8 Å². The van der Waals surface area contributed by atoms with Crippen molar-refractivity contribution < 1.29 is 0 Å². The fourth-order valence-corrected chi connectivity index (χ4v) is 1.66. The summed E-state index contributed by atoms with van der Waals surface area (Å²) < 4.78 is 4.27. The smallest absolute Gasteiger partial charge is 0.107 e. The van der Waals surface area contributed by atoms with Crippen molar-refractivity contribution in [1.29, 1.82) is 0 Å². The molecule has 1 aliphatic rings. The zero-order chi connectivity index (χ0) is 7.19. The van der Waals surface area contributed by atoms with Crippen molar-refractivity contribution in [2.24, 2.45) is 0 Å². The van der Waals surface area contributed by atoms with Crippen molar-refractivity contribution in [1.82, 2.24) is 4.37 Å². The molecule has 0 radical (unpaired) electrons. The number of hydrogen-bond donors (Lipinski definition) is 1. The Kier molecular flexibility index (Phi) is 1.06. The Morgan fingerprint density at radius 2 is 2.40 bits per heavy atom. The summed E-state index contributed by atoms with van der Waals surface area (Å²) in [6.07, 6.45) is 2.55. The quantitative estimate of drug-likeness (QED) is 0.669. The van der Waals surface area contributed by atoms with Crippen LogP contribution in [0.4, 0.5) is 5.00 Å². The molecule has 0 amide bonds. The fraction of sp³-hybridized carbons (Fsp3) is 0.571. The van der Waals surface area contributed by atoms with Gasteiger partial charge in [-0.1, -0.05) is 6.92 Å². The molecule has 0 atom stereocenters. The second-order valence-corrected chi connectivity index (χ2v) is 4.01. The molecule has 0 spiro atoms. The number of hydrogen-bond acceptors (Lipinski definition) is 3. The molecular weight excluding hydrogens is 144 g/mol. The third kappa shape index (κ3) is 0.814. The van der Waals surface area contributed by atoms with Crippen molar-refractivity contribution in [2.45, 2.75) is 25.2 Å². The van der Waals surface area contributed by atoms with Gasteiger partial charge in [-0.25, -0.2) is 0 Å². The molecule has 1 saturated carbocycles. The summed E-state index contributed by atoms with van der Waals surface area (Å²) in [7, 11) is 0. The highest BCUT2D eigenvalue weighted by molar-refractivity contribution is 7.10. The molecular formula is C7H10N2S. The Hall–Kier alpha value is -0.570. The third-order valence-corrected chi connectivity index (χ3v) is 2.76. The maximum atomic E-state index is 5.56. The van der Waals surface area contributed by atoms with Gasteiger partial charge in [0.15, 0.2) is 0 Å². The highest BCUT2D eigenvalue weighted by atomic mass is 32.1. The normalized spacial score (nSPS) is 20.9. The van der Waals surface area contributed by atoms with E-state index in [0.717, 1.165) is 5.00 Å². The van der Waals surface area contributed by atoms with E-state index in [0.29, 0.717) is 5.41 Å². The van der Waals surface area contributed by atoms with Crippen molar-refractivity contribution in [3.63, 3.8) is 0 Å². The molecule has 1 aromatic heterocycles. The lowest BCUT2D eigenvalue weighted by atomic mass is 10.1. The number of nitrogen functional groups attached to an aromatic ring is 1. The van der Waals surface area contributed by atoms with E-state index in [-0.39, 0.29) is 0 Å². The lowest BCUT2D eigenvalue weighted by Gasteiger charge is -1.99. The SMILES string of the molecule is CC1(c2cc(N)sn2)CC1. The van der Waals surface area contributed by atoms with Gasteiger partial charge in [0.2, 0.25) is 0 Å². The number of anilines is 1. The van der Waals surface area contributed by atoms with Crippen LogP contribution in [-0.4, -0.2) is 4.37 Å². The summed E-state index contributed by atoms with van der Waals surface area (Å²) in [4.78, 5) is 0. The monoisotopic (exact) mass is 154 g/mol. The lowest BCUT2D eigenvalue weighted by molar-refractivity contribution is 0.765. The van der Waals surface area contributed by atoms with E-state index in [9.17, 15) is 0 Å². The predicted molar refractivity (Wildman–Crippen MR) is 43.1 cm³/mol. The molecule has 0 aliphatic heterocycles. The van der Waals surface area contributed by atoms with Crippen LogP contribution in [0.2, 0.25) is 0 Å². The molecule has 1 heterocycles. The molecule has 0 unspecified atom stereocenters. The number of aromatic nitrogens is 1. The molecule has 1 fully saturated rings. The summed E-state index contributed by atoms with van der Waals surface area (Å²) in [6, 6.07) is 2.00. The van der Waals surface area contributed by atoms with Crippen LogP contribution < -0.4 is 5.73 Å². The van der Waals surface area contributed by atoms with Crippen LogP contribution >= 0.6 is 11.5 Å². The predicted octanol–water partition coefficient (Wildman–Crippen LogP) is 1.78. The lowest BCUT2D eigenvalue weighted by Crippen LogP contribution is -1.98. The molecule has 0 bridgehead atoms. The Balaban J connectivity index is 2.34. The molecule has 10 heavy (non-hydrogen) atoms. The second kappa shape index (κ2) is 1.72. The first kappa shape index (κ1) is 6.16. The Labute approximate surface area is 64.2 Å². The molecule has 1 aromatic rings. The first-order valence-corrected chi connectivity index (χ1v) is 4.21. The minimum absolute atomic E-state index is 0.383. The van der Waals surface area contributed by atoms with Crippen LogP contribution in [0.1, 0.15) is 25.5 Å². The summed E-state index contributed by atoms with van der Waals surface area (Å²) in [5, 5.41) is 0.836. The van der Waals surface area contributed by atoms with Gasteiger partial charge >= 0.3 is 0 Å². The van der Waals surface area contributed by atoms with Gasteiger partial charge in [0.25, 0.3) is 0 Å². The van der Waals surface area contributed by atoms with Crippen LogP contribution in [0.25, 0.3) is 0 Å². The number of rotatable bonds is 1. The van der Waals surface area contributed by atoms with Gasteiger partial charge in [0.05, 0.1) is 5.69 Å². The van der Waals surface area contributed by atoms with Gasteiger partial charge in [-0.15, -0.1) is 0 Å². The second-order valence-electron chi connectivity index (χ2n) is 3.18. The van der Waals surface area contributed by atoms with E-state index in [1.54, 1.807) is 0 Å². The minimum Gasteiger partial charge on any atom is -0.389 e. The molecule has 2 nitrogen and oxygen atoms in total. The minimum atomic E-state index is 0.383. The van der Waals surface area contributed by atoms with Gasteiger partial charge in [-0.05, 0) is 30.4 Å². The highest BCUT2D eigenvalue weighted by Crippen LogP contribution is 2.47. The van der Waals surface area contributed by atoms with E-state index < -0.39 is 0 Å². The van der Waals surface area contributed by atoms with Crippen LogP contribution in [-0.2, 0) is 5.41 Å². The average Bonchev–Trinajstić information content (AvgIpc) is 2.45. The van der Waals surface area contributed by atoms with E-state index in [1.807, 2.05) is 6.07 Å². The Bertz CT molecular complexity index is 250. The van der Waals surface area contributed by atoms with Crippen LogP contribution in [0.5, 0.6) is 0 Å². The Morgan fingerprint density at radius 1 is 1.70 bits per heavy atom. The molecule has 54 valence electrons. The van der Waals surface area contributed by atoms with Gasteiger partial charge < -0.3 is 5.73 Å². The molecule has 0 saturated heterocycles. The van der Waals surface area contributed by atoms with E-state index >= 15 is 0 Å². The summed E-state index contributed by atoms with van der Waals surface area (Å²) in [5.41, 5.74) is 7.13. The first-order chi connectivity index (χ1) is 4.71. The van der Waals surface area contributed by atoms with Crippen LogP contribution in [0.15, 0.2) is 6.07 Å². The zero-order valence-electron chi connectivity index (χ0n) is 5.92. The van der Waals surface area contributed by atoms with E-state index in [4.69, 9.17) is 5.73 Å². The standard InChI is InChI=1S/C7H10N2S/c1-7(2-3-7)5-4-6(8)10-9-5/h4H,2-3,8H2,1H3. The van der Waals surface area contributed by atoms with Gasteiger partial charge in [-0.3, -0.25) is 0 Å². The number of nitrogens with two attached hydrogens (primary N) is 1. The zero-order valence-corrected chi connectivity index (χ0v) is 6.74. The van der Waals surface area contributed by atoms with Gasteiger partial charge in [0, 0.05) is 5.41 Å². The molecule has 1 aliphatic carbocycles. The molecule has 0 aromatic carbocycles. The average molecular weight is 154 g/mol. The third-order valence-electron chi connectivity index (χ3n) is 2.15. The molecule has 3 heteroatoms. The molecule has 2 rings (SSSR count). The topological polar surface area (TPSA) is 38.9 Å². The largest absolute Gasteiger partial charge is 0.389 e. The molecule has 2 N–H and O–H groups in total. The first-order valence-electron chi connectivity index (χ1n) is 3.43. The van der Waals surface area contributed by atoms with Crippen molar-refractivity contribution in [3.8, 4) is 0 Å². The van der Waals surface area contributed by atoms with Crippen molar-refractivity contribution in [2.75, 3.05) is 5.73 Å². The van der Waals surface area contributed by atoms with Crippen molar-refractivity contribution >= 4 is 16.5 Å². The van der Waals surface area contributed by atoms with E-state index in [2.05, 4.69) is 11.3 Å².